The third kappa shape index (κ3) is 3.49. The van der Waals surface area contributed by atoms with Crippen LogP contribution in [-0.4, -0.2) is 32.3 Å². The van der Waals surface area contributed by atoms with E-state index in [9.17, 15) is 4.39 Å². The molecule has 0 radical (unpaired) electrons. The number of nitrogens with two attached hydrogens (primary N) is 1. The first kappa shape index (κ1) is 19.6. The molecular weight excluding hydrogens is 385 g/mol. The van der Waals surface area contributed by atoms with E-state index in [1.165, 1.54) is 18.3 Å². The summed E-state index contributed by atoms with van der Waals surface area (Å²) in [4.78, 5) is 13.3. The lowest BCUT2D eigenvalue weighted by Gasteiger charge is -2.22. The number of nitrogens with zero attached hydrogens (tertiary/aromatic N) is 4. The van der Waals surface area contributed by atoms with Crippen LogP contribution in [0.25, 0.3) is 17.1 Å². The molecule has 0 fully saturated rings. The van der Waals surface area contributed by atoms with Gasteiger partial charge in [0.15, 0.2) is 5.82 Å². The Hall–Kier alpha value is -3.75. The second-order valence-corrected chi connectivity index (χ2v) is 6.89. The standard InChI is InChI=1S/C21H22FN7O/c1-3-25-18-13(9-23)11-29-7-6-26-20(29)15-5-4-14(22)8-16(15)12(2)30-21-19(24)27-10-17(18)28-21/h4-10,12,23,25H,3,11H2,1-2H3,(H2,24,27)/b18-13+,23-9?. The molecule has 1 aliphatic heterocycles. The van der Waals surface area contributed by atoms with E-state index in [1.807, 2.05) is 17.7 Å². The minimum atomic E-state index is -0.555. The van der Waals surface area contributed by atoms with Crippen molar-refractivity contribution >= 4 is 17.7 Å². The third-order valence-corrected chi connectivity index (χ3v) is 4.91. The molecule has 0 saturated heterocycles. The summed E-state index contributed by atoms with van der Waals surface area (Å²) in [6.45, 7) is 4.76. The average molecular weight is 407 g/mol. The van der Waals surface area contributed by atoms with E-state index in [-0.39, 0.29) is 17.5 Å². The largest absolute Gasteiger partial charge is 0.467 e. The smallest absolute Gasteiger partial charge is 0.258 e. The highest BCUT2D eigenvalue weighted by molar-refractivity contribution is 5.88. The summed E-state index contributed by atoms with van der Waals surface area (Å²) < 4.78 is 22.0. The van der Waals surface area contributed by atoms with E-state index in [2.05, 4.69) is 20.3 Å². The SMILES string of the molecule is CCN/C1=C(\C=N)Cn2ccnc2-c2ccc(F)cc2C(C)Oc2nc1cnc2N. The Bertz CT molecular complexity index is 1140. The summed E-state index contributed by atoms with van der Waals surface area (Å²) in [6.07, 6.45) is 5.77. The summed E-state index contributed by atoms with van der Waals surface area (Å²) in [5.74, 6) is 0.559. The van der Waals surface area contributed by atoms with Gasteiger partial charge in [-0.25, -0.2) is 19.3 Å². The fourth-order valence-electron chi connectivity index (χ4n) is 3.50. The number of hydrogen-bond donors (Lipinski definition) is 3. The molecule has 1 atom stereocenters. The number of fused-ring (bicyclic) bond motifs is 5. The van der Waals surface area contributed by atoms with Crippen LogP contribution in [0.2, 0.25) is 0 Å². The number of imidazole rings is 1. The molecule has 0 saturated carbocycles. The van der Waals surface area contributed by atoms with Gasteiger partial charge in [-0.05, 0) is 32.0 Å². The number of ether oxygens (including phenoxy) is 1. The normalized spacial score (nSPS) is 18.3. The van der Waals surface area contributed by atoms with Crippen molar-refractivity contribution in [2.45, 2.75) is 26.5 Å². The van der Waals surface area contributed by atoms with Crippen molar-refractivity contribution in [2.75, 3.05) is 12.3 Å². The van der Waals surface area contributed by atoms with Crippen LogP contribution in [0.4, 0.5) is 10.2 Å². The Balaban J connectivity index is 2.00. The molecule has 2 bridgehead atoms. The molecule has 3 heterocycles. The molecule has 2 aromatic heterocycles. The number of allylic oxidation sites excluding steroid dienone is 1. The zero-order chi connectivity index (χ0) is 21.3. The van der Waals surface area contributed by atoms with Crippen molar-refractivity contribution in [3.05, 3.63) is 59.4 Å². The second kappa shape index (κ2) is 7.94. The number of hydrogen-bond acceptors (Lipinski definition) is 7. The number of nitrogen functional groups attached to an aromatic ring is 1. The highest BCUT2D eigenvalue weighted by atomic mass is 19.1. The molecule has 1 aliphatic rings. The van der Waals surface area contributed by atoms with Crippen LogP contribution in [-0.2, 0) is 6.54 Å². The molecule has 30 heavy (non-hydrogen) atoms. The van der Waals surface area contributed by atoms with E-state index < -0.39 is 6.10 Å². The van der Waals surface area contributed by atoms with Crippen molar-refractivity contribution < 1.29 is 9.13 Å². The molecule has 0 spiro atoms. The summed E-state index contributed by atoms with van der Waals surface area (Å²) in [5.41, 5.74) is 9.19. The number of aromatic nitrogens is 4. The first-order valence-corrected chi connectivity index (χ1v) is 9.59. The summed E-state index contributed by atoms with van der Waals surface area (Å²) >= 11 is 0. The van der Waals surface area contributed by atoms with Gasteiger partial charge in [0.05, 0.1) is 18.4 Å². The summed E-state index contributed by atoms with van der Waals surface area (Å²) in [7, 11) is 0. The van der Waals surface area contributed by atoms with Gasteiger partial charge >= 0.3 is 0 Å². The second-order valence-electron chi connectivity index (χ2n) is 6.89. The van der Waals surface area contributed by atoms with Crippen molar-refractivity contribution in [1.82, 2.24) is 24.8 Å². The fourth-order valence-corrected chi connectivity index (χ4v) is 3.50. The number of halogens is 1. The Morgan fingerprint density at radius 1 is 1.40 bits per heavy atom. The lowest BCUT2D eigenvalue weighted by molar-refractivity contribution is 0.218. The minimum absolute atomic E-state index is 0.134. The van der Waals surface area contributed by atoms with Crippen LogP contribution in [0.1, 0.15) is 31.2 Å². The molecule has 1 aromatic carbocycles. The minimum Gasteiger partial charge on any atom is -0.467 e. The summed E-state index contributed by atoms with van der Waals surface area (Å²) in [5, 5.41) is 11.3. The van der Waals surface area contributed by atoms with Gasteiger partial charge < -0.3 is 25.8 Å². The van der Waals surface area contributed by atoms with Gasteiger partial charge in [-0.3, -0.25) is 0 Å². The third-order valence-electron chi connectivity index (χ3n) is 4.91. The van der Waals surface area contributed by atoms with E-state index in [4.69, 9.17) is 15.9 Å². The molecule has 3 aromatic rings. The number of benzene rings is 1. The van der Waals surface area contributed by atoms with Gasteiger partial charge in [0.2, 0.25) is 0 Å². The molecule has 0 aliphatic carbocycles. The van der Waals surface area contributed by atoms with E-state index in [0.29, 0.717) is 41.4 Å². The molecular formula is C21H22FN7O. The Morgan fingerprint density at radius 2 is 2.23 bits per heavy atom. The van der Waals surface area contributed by atoms with Crippen molar-refractivity contribution in [1.29, 1.82) is 5.41 Å². The monoisotopic (exact) mass is 407 g/mol. The quantitative estimate of drug-likeness (QED) is 0.575. The first-order valence-electron chi connectivity index (χ1n) is 9.59. The van der Waals surface area contributed by atoms with Gasteiger partial charge in [-0.15, -0.1) is 0 Å². The topological polar surface area (TPSA) is 115 Å². The van der Waals surface area contributed by atoms with E-state index in [0.717, 1.165) is 5.56 Å². The highest BCUT2D eigenvalue weighted by Gasteiger charge is 2.22. The highest BCUT2D eigenvalue weighted by Crippen LogP contribution is 2.33. The molecule has 8 nitrogen and oxygen atoms in total. The fraction of sp³-hybridized carbons (Fsp3) is 0.238. The lowest BCUT2D eigenvalue weighted by Crippen LogP contribution is -2.19. The number of anilines is 1. The van der Waals surface area contributed by atoms with Crippen molar-refractivity contribution in [3.63, 3.8) is 0 Å². The molecule has 1 unspecified atom stereocenters. The zero-order valence-electron chi connectivity index (χ0n) is 16.7. The summed E-state index contributed by atoms with van der Waals surface area (Å²) in [6, 6.07) is 4.50. The van der Waals surface area contributed by atoms with Crippen LogP contribution in [0.15, 0.2) is 42.4 Å². The van der Waals surface area contributed by atoms with Crippen LogP contribution < -0.4 is 15.8 Å². The molecule has 4 N–H and O–H groups in total. The van der Waals surface area contributed by atoms with Gasteiger partial charge in [0.1, 0.15) is 23.4 Å². The maximum atomic E-state index is 14.1. The molecule has 0 amide bonds. The maximum Gasteiger partial charge on any atom is 0.258 e. The maximum absolute atomic E-state index is 14.1. The molecule has 9 heteroatoms. The van der Waals surface area contributed by atoms with Gasteiger partial charge in [-0.2, -0.15) is 0 Å². The van der Waals surface area contributed by atoms with Gasteiger partial charge in [0.25, 0.3) is 5.88 Å². The molecule has 4 rings (SSSR count). The van der Waals surface area contributed by atoms with Gasteiger partial charge in [-0.1, -0.05) is 0 Å². The van der Waals surface area contributed by atoms with Crippen LogP contribution in [0, 0.1) is 11.2 Å². The number of rotatable bonds is 3. The van der Waals surface area contributed by atoms with Crippen LogP contribution >= 0.6 is 0 Å². The average Bonchev–Trinajstić information content (AvgIpc) is 3.19. The predicted molar refractivity (Wildman–Crippen MR) is 112 cm³/mol. The predicted octanol–water partition coefficient (Wildman–Crippen LogP) is 3.19. The molecule has 154 valence electrons. The zero-order valence-corrected chi connectivity index (χ0v) is 16.7. The lowest BCUT2D eigenvalue weighted by atomic mass is 10.0. The van der Waals surface area contributed by atoms with Crippen molar-refractivity contribution in [3.8, 4) is 17.3 Å². The van der Waals surface area contributed by atoms with Crippen LogP contribution in [0.3, 0.4) is 0 Å². The van der Waals surface area contributed by atoms with E-state index in [1.54, 1.807) is 25.4 Å². The Morgan fingerprint density at radius 3 is 3.00 bits per heavy atom. The van der Waals surface area contributed by atoms with E-state index >= 15 is 0 Å². The Labute approximate surface area is 173 Å². The van der Waals surface area contributed by atoms with Crippen molar-refractivity contribution in [2.24, 2.45) is 0 Å². The number of nitrogens with one attached hydrogen (secondary N) is 2. The van der Waals surface area contributed by atoms with Gasteiger partial charge in [0, 0.05) is 41.9 Å². The first-order chi connectivity index (χ1) is 14.5. The Kier molecular flexibility index (Phi) is 5.18. The van der Waals surface area contributed by atoms with Crippen LogP contribution in [0.5, 0.6) is 5.88 Å².